The number of methoxy groups -OCH3 is 1. The molecule has 122 valence electrons. The highest BCUT2D eigenvalue weighted by atomic mass is 19.1. The fourth-order valence-corrected chi connectivity index (χ4v) is 2.54. The van der Waals surface area contributed by atoms with Crippen molar-refractivity contribution in [2.75, 3.05) is 12.4 Å². The Morgan fingerprint density at radius 2 is 1.96 bits per heavy atom. The van der Waals surface area contributed by atoms with Gasteiger partial charge in [-0.05, 0) is 30.3 Å². The summed E-state index contributed by atoms with van der Waals surface area (Å²) in [6.07, 6.45) is 1.42. The van der Waals surface area contributed by atoms with Crippen LogP contribution in [-0.4, -0.2) is 23.5 Å². The minimum Gasteiger partial charge on any atom is -0.497 e. The van der Waals surface area contributed by atoms with Crippen LogP contribution < -0.4 is 10.1 Å². The molecule has 3 rings (SSSR count). The first kappa shape index (κ1) is 15.7. The van der Waals surface area contributed by atoms with Crippen molar-refractivity contribution < 1.29 is 18.7 Å². The molecule has 6 heteroatoms. The number of rotatable bonds is 3. The number of carbonyl (C=O) groups excluding carboxylic acids is 2. The molecule has 0 saturated heterocycles. The molecular formula is C18H15FN2O3. The van der Waals surface area contributed by atoms with Gasteiger partial charge < -0.3 is 10.1 Å². The maximum Gasteiger partial charge on any atom is 0.257 e. The lowest BCUT2D eigenvalue weighted by Gasteiger charge is -2.06. The highest BCUT2D eigenvalue weighted by Crippen LogP contribution is 2.24. The van der Waals surface area contributed by atoms with Gasteiger partial charge in [0.25, 0.3) is 5.91 Å². The molecule has 1 amide bonds. The van der Waals surface area contributed by atoms with Gasteiger partial charge in [-0.2, -0.15) is 0 Å². The number of nitrogens with zero attached hydrogens (tertiary/aromatic N) is 1. The number of hydrogen-bond acceptors (Lipinski definition) is 3. The van der Waals surface area contributed by atoms with Gasteiger partial charge in [-0.25, -0.2) is 4.39 Å². The first-order valence-corrected chi connectivity index (χ1v) is 7.26. The van der Waals surface area contributed by atoms with Gasteiger partial charge in [0.05, 0.1) is 18.2 Å². The van der Waals surface area contributed by atoms with Crippen LogP contribution in [0.4, 0.5) is 10.1 Å². The van der Waals surface area contributed by atoms with E-state index in [2.05, 4.69) is 5.32 Å². The average Bonchev–Trinajstić information content (AvgIpc) is 2.94. The third-order valence-corrected chi connectivity index (χ3v) is 3.68. The minimum absolute atomic E-state index is 0.225. The van der Waals surface area contributed by atoms with Crippen LogP contribution in [0.15, 0.2) is 48.7 Å². The summed E-state index contributed by atoms with van der Waals surface area (Å²) in [5.41, 5.74) is 1.25. The van der Waals surface area contributed by atoms with E-state index < -0.39 is 11.7 Å². The number of hydrogen-bond donors (Lipinski definition) is 1. The minimum atomic E-state index is -0.473. The largest absolute Gasteiger partial charge is 0.497 e. The lowest BCUT2D eigenvalue weighted by atomic mass is 10.1. The van der Waals surface area contributed by atoms with Crippen LogP contribution >= 0.6 is 0 Å². The lowest BCUT2D eigenvalue weighted by Crippen LogP contribution is -2.12. The summed E-state index contributed by atoms with van der Waals surface area (Å²) >= 11 is 0. The van der Waals surface area contributed by atoms with Crippen LogP contribution in [0.1, 0.15) is 22.1 Å². The third-order valence-electron chi connectivity index (χ3n) is 3.68. The highest BCUT2D eigenvalue weighted by molar-refractivity contribution is 6.14. The van der Waals surface area contributed by atoms with Crippen molar-refractivity contribution >= 4 is 28.4 Å². The quantitative estimate of drug-likeness (QED) is 0.798. The molecule has 0 aliphatic heterocycles. The van der Waals surface area contributed by atoms with Crippen LogP contribution in [0, 0.1) is 5.82 Å². The molecule has 2 aromatic carbocycles. The molecule has 0 radical (unpaired) electrons. The van der Waals surface area contributed by atoms with E-state index in [4.69, 9.17) is 4.74 Å². The molecule has 1 aromatic heterocycles. The van der Waals surface area contributed by atoms with Crippen LogP contribution in [0.25, 0.3) is 10.9 Å². The molecule has 0 atom stereocenters. The second kappa shape index (κ2) is 6.16. The number of ether oxygens (including phenoxy) is 1. The fraction of sp³-hybridized carbons (Fsp3) is 0.111. The molecule has 0 unspecified atom stereocenters. The van der Waals surface area contributed by atoms with Crippen molar-refractivity contribution in [2.45, 2.75) is 6.92 Å². The van der Waals surface area contributed by atoms with Gasteiger partial charge in [-0.1, -0.05) is 6.07 Å². The molecule has 0 fully saturated rings. The summed E-state index contributed by atoms with van der Waals surface area (Å²) in [5, 5.41) is 3.11. The van der Waals surface area contributed by atoms with Crippen molar-refractivity contribution in [1.29, 1.82) is 0 Å². The Morgan fingerprint density at radius 1 is 1.17 bits per heavy atom. The predicted octanol–water partition coefficient (Wildman–Crippen LogP) is 3.70. The standard InChI is InChI=1S/C18H15FN2O3/c1-11(22)21-10-16(15-8-12(19)6-7-17(15)21)18(23)20-13-4-3-5-14(9-13)24-2/h3-10H,1-2H3,(H,20,23). The molecule has 5 nitrogen and oxygen atoms in total. The van der Waals surface area contributed by atoms with E-state index in [1.165, 1.54) is 43.0 Å². The Hall–Kier alpha value is -3.15. The van der Waals surface area contributed by atoms with Crippen molar-refractivity contribution in [3.05, 3.63) is 60.0 Å². The molecule has 3 aromatic rings. The van der Waals surface area contributed by atoms with Gasteiger partial charge >= 0.3 is 0 Å². The van der Waals surface area contributed by atoms with Crippen molar-refractivity contribution in [3.63, 3.8) is 0 Å². The van der Waals surface area contributed by atoms with E-state index in [0.717, 1.165) is 0 Å². The second-order valence-electron chi connectivity index (χ2n) is 5.28. The van der Waals surface area contributed by atoms with Gasteiger partial charge in [0, 0.05) is 30.3 Å². The number of amides is 1. The van der Waals surface area contributed by atoms with Gasteiger partial charge in [0.15, 0.2) is 0 Å². The Labute approximate surface area is 137 Å². The molecule has 0 aliphatic rings. The van der Waals surface area contributed by atoms with Crippen LogP contribution in [0.5, 0.6) is 5.75 Å². The summed E-state index contributed by atoms with van der Waals surface area (Å²) in [5.74, 6) is -0.560. The van der Waals surface area contributed by atoms with Crippen molar-refractivity contribution in [3.8, 4) is 5.75 Å². The van der Waals surface area contributed by atoms with Crippen molar-refractivity contribution in [1.82, 2.24) is 4.57 Å². The molecule has 1 heterocycles. The Bertz CT molecular complexity index is 947. The monoisotopic (exact) mass is 326 g/mol. The van der Waals surface area contributed by atoms with Gasteiger partial charge in [-0.3, -0.25) is 14.2 Å². The van der Waals surface area contributed by atoms with E-state index in [0.29, 0.717) is 22.3 Å². The zero-order valence-electron chi connectivity index (χ0n) is 13.2. The van der Waals surface area contributed by atoms with E-state index in [9.17, 15) is 14.0 Å². The van der Waals surface area contributed by atoms with Crippen molar-refractivity contribution in [2.24, 2.45) is 0 Å². The first-order valence-electron chi connectivity index (χ1n) is 7.26. The molecule has 0 saturated carbocycles. The number of anilines is 1. The summed E-state index contributed by atoms with van der Waals surface area (Å²) in [6, 6.07) is 10.9. The lowest BCUT2D eigenvalue weighted by molar-refractivity contribution is 0.0941. The maximum absolute atomic E-state index is 13.6. The number of nitrogens with one attached hydrogen (secondary N) is 1. The Balaban J connectivity index is 2.03. The number of aromatic nitrogens is 1. The molecule has 0 spiro atoms. The Kier molecular flexibility index (Phi) is 4.04. The fourth-order valence-electron chi connectivity index (χ4n) is 2.54. The van der Waals surface area contributed by atoms with Crippen LogP contribution in [-0.2, 0) is 0 Å². The van der Waals surface area contributed by atoms with Gasteiger partial charge in [-0.15, -0.1) is 0 Å². The number of halogens is 1. The third kappa shape index (κ3) is 2.86. The van der Waals surface area contributed by atoms with E-state index >= 15 is 0 Å². The SMILES string of the molecule is COc1cccc(NC(=O)c2cn(C(C)=O)c3ccc(F)cc23)c1. The number of fused-ring (bicyclic) bond motifs is 1. The summed E-state index contributed by atoms with van der Waals surface area (Å²) < 4.78 is 20.0. The number of carbonyl (C=O) groups is 2. The van der Waals surface area contributed by atoms with E-state index in [1.54, 1.807) is 24.3 Å². The average molecular weight is 326 g/mol. The number of benzene rings is 2. The van der Waals surface area contributed by atoms with E-state index in [1.807, 2.05) is 0 Å². The molecule has 1 N–H and O–H groups in total. The summed E-state index contributed by atoms with van der Waals surface area (Å²) in [4.78, 5) is 24.3. The smallest absolute Gasteiger partial charge is 0.257 e. The topological polar surface area (TPSA) is 60.3 Å². The van der Waals surface area contributed by atoms with Gasteiger partial charge in [0.2, 0.25) is 5.91 Å². The normalized spacial score (nSPS) is 10.6. The molecule has 0 aliphatic carbocycles. The maximum atomic E-state index is 13.6. The van der Waals surface area contributed by atoms with Gasteiger partial charge in [0.1, 0.15) is 11.6 Å². The predicted molar refractivity (Wildman–Crippen MR) is 89.1 cm³/mol. The first-order chi connectivity index (χ1) is 11.5. The molecular weight excluding hydrogens is 311 g/mol. The zero-order chi connectivity index (χ0) is 17.3. The second-order valence-corrected chi connectivity index (χ2v) is 5.28. The Morgan fingerprint density at radius 3 is 2.67 bits per heavy atom. The molecule has 24 heavy (non-hydrogen) atoms. The zero-order valence-corrected chi connectivity index (χ0v) is 13.2. The highest BCUT2D eigenvalue weighted by Gasteiger charge is 2.17. The summed E-state index contributed by atoms with van der Waals surface area (Å²) in [6.45, 7) is 1.38. The molecule has 0 bridgehead atoms. The van der Waals surface area contributed by atoms with E-state index in [-0.39, 0.29) is 11.5 Å². The summed E-state index contributed by atoms with van der Waals surface area (Å²) in [7, 11) is 1.53. The van der Waals surface area contributed by atoms with Crippen LogP contribution in [0.3, 0.4) is 0 Å². The van der Waals surface area contributed by atoms with Crippen LogP contribution in [0.2, 0.25) is 0 Å².